The highest BCUT2D eigenvalue weighted by atomic mass is 19.2. The van der Waals surface area contributed by atoms with Crippen LogP contribution in [0.25, 0.3) is 22.2 Å². The fourth-order valence-electron chi connectivity index (χ4n) is 4.30. The monoisotopic (exact) mass is 539 g/mol. The van der Waals surface area contributed by atoms with Crippen LogP contribution in [0.15, 0.2) is 61.2 Å². The zero-order valence-corrected chi connectivity index (χ0v) is 21.5. The molecular weight excluding hydrogens is 516 g/mol. The Morgan fingerprint density at radius 3 is 2.62 bits per heavy atom. The molecule has 3 aromatic heterocycles. The molecule has 5 rings (SSSR count). The standard InChI is InChI=1S/C28H23F2N9O/c1-15(18-7-8-21(29)22(30)9-18)37-28(40)24-26(34-12-19(10-31)38-24)33-11-16-3-5-17(6-4-16)20-13-39(2)27-23(20)25(32)35-14-36-27/h3-9,12-15H,11H2,1-2H3,(H,33,34)(H,37,40)(H2,32,35,36)/t15-/m0/s1. The van der Waals surface area contributed by atoms with E-state index in [-0.39, 0.29) is 17.2 Å². The van der Waals surface area contributed by atoms with Crippen LogP contribution in [0.2, 0.25) is 0 Å². The number of rotatable bonds is 7. The quantitative estimate of drug-likeness (QED) is 0.278. The van der Waals surface area contributed by atoms with Gasteiger partial charge in [-0.3, -0.25) is 4.79 Å². The number of anilines is 2. The van der Waals surface area contributed by atoms with E-state index >= 15 is 0 Å². The Hall–Kier alpha value is -5.44. The van der Waals surface area contributed by atoms with E-state index in [2.05, 4.69) is 30.6 Å². The van der Waals surface area contributed by atoms with Crippen molar-refractivity contribution in [1.29, 1.82) is 5.26 Å². The van der Waals surface area contributed by atoms with Crippen LogP contribution in [0.4, 0.5) is 20.4 Å². The zero-order chi connectivity index (χ0) is 28.4. The minimum absolute atomic E-state index is 0.0427. The van der Waals surface area contributed by atoms with Crippen LogP contribution >= 0.6 is 0 Å². The van der Waals surface area contributed by atoms with E-state index in [1.54, 1.807) is 6.92 Å². The van der Waals surface area contributed by atoms with Gasteiger partial charge < -0.3 is 20.9 Å². The molecule has 200 valence electrons. The molecule has 0 aliphatic heterocycles. The third-order valence-electron chi connectivity index (χ3n) is 6.40. The molecule has 0 aliphatic carbocycles. The number of carbonyl (C=O) groups excluding carboxylic acids is 1. The number of nitrogens with two attached hydrogens (primary N) is 1. The molecule has 0 unspecified atom stereocenters. The average Bonchev–Trinajstić information content (AvgIpc) is 3.31. The number of nitrogen functional groups attached to an aromatic ring is 1. The molecule has 0 bridgehead atoms. The summed E-state index contributed by atoms with van der Waals surface area (Å²) >= 11 is 0. The summed E-state index contributed by atoms with van der Waals surface area (Å²) in [5.74, 6) is -2.07. The predicted molar refractivity (Wildman–Crippen MR) is 145 cm³/mol. The van der Waals surface area contributed by atoms with Crippen molar-refractivity contribution >= 4 is 28.6 Å². The Bertz CT molecular complexity index is 1780. The third-order valence-corrected chi connectivity index (χ3v) is 6.40. The van der Waals surface area contributed by atoms with E-state index in [9.17, 15) is 18.8 Å². The van der Waals surface area contributed by atoms with Gasteiger partial charge in [0, 0.05) is 25.4 Å². The zero-order valence-electron chi connectivity index (χ0n) is 21.5. The summed E-state index contributed by atoms with van der Waals surface area (Å²) in [6, 6.07) is 12.3. The van der Waals surface area contributed by atoms with Gasteiger partial charge in [-0.15, -0.1) is 0 Å². The lowest BCUT2D eigenvalue weighted by Gasteiger charge is -2.16. The van der Waals surface area contributed by atoms with Crippen molar-refractivity contribution in [2.45, 2.75) is 19.5 Å². The Labute approximate surface area is 227 Å². The highest BCUT2D eigenvalue weighted by Gasteiger charge is 2.20. The topological polar surface area (TPSA) is 147 Å². The Kier molecular flexibility index (Phi) is 7.03. The van der Waals surface area contributed by atoms with Crippen LogP contribution in [-0.2, 0) is 13.6 Å². The number of nitriles is 1. The molecule has 0 saturated carbocycles. The molecule has 1 amide bonds. The smallest absolute Gasteiger partial charge is 0.274 e. The number of aromatic nitrogens is 5. The molecule has 5 aromatic rings. The summed E-state index contributed by atoms with van der Waals surface area (Å²) in [6.45, 7) is 1.93. The van der Waals surface area contributed by atoms with Gasteiger partial charge in [-0.1, -0.05) is 30.3 Å². The maximum absolute atomic E-state index is 13.7. The molecule has 0 saturated heterocycles. The van der Waals surface area contributed by atoms with E-state index in [1.807, 2.05) is 48.1 Å². The maximum Gasteiger partial charge on any atom is 0.274 e. The van der Waals surface area contributed by atoms with Crippen LogP contribution in [-0.4, -0.2) is 30.4 Å². The van der Waals surface area contributed by atoms with E-state index in [1.165, 1.54) is 18.6 Å². The number of hydrogen-bond donors (Lipinski definition) is 3. The lowest BCUT2D eigenvalue weighted by Crippen LogP contribution is -2.29. The summed E-state index contributed by atoms with van der Waals surface area (Å²) in [6.07, 6.45) is 4.63. The molecule has 40 heavy (non-hydrogen) atoms. The van der Waals surface area contributed by atoms with Crippen molar-refractivity contribution in [3.05, 3.63) is 95.3 Å². The van der Waals surface area contributed by atoms with Gasteiger partial charge in [0.05, 0.1) is 17.6 Å². The van der Waals surface area contributed by atoms with Crippen molar-refractivity contribution < 1.29 is 13.6 Å². The number of aryl methyl sites for hydroxylation is 1. The van der Waals surface area contributed by atoms with Crippen LogP contribution < -0.4 is 16.4 Å². The van der Waals surface area contributed by atoms with E-state index in [4.69, 9.17) is 5.73 Å². The molecule has 1 atom stereocenters. The van der Waals surface area contributed by atoms with Crippen LogP contribution in [0, 0.1) is 23.0 Å². The van der Waals surface area contributed by atoms with Gasteiger partial charge in [-0.05, 0) is 35.7 Å². The molecule has 0 spiro atoms. The van der Waals surface area contributed by atoms with Crippen molar-refractivity contribution in [2.24, 2.45) is 7.05 Å². The highest BCUT2D eigenvalue weighted by Crippen LogP contribution is 2.32. The van der Waals surface area contributed by atoms with E-state index in [0.717, 1.165) is 39.9 Å². The number of nitrogens with zero attached hydrogens (tertiary/aromatic N) is 6. The fourth-order valence-corrected chi connectivity index (χ4v) is 4.30. The summed E-state index contributed by atoms with van der Waals surface area (Å²) in [5, 5.41) is 15.8. The first-order chi connectivity index (χ1) is 19.2. The first kappa shape index (κ1) is 26.2. The summed E-state index contributed by atoms with van der Waals surface area (Å²) in [7, 11) is 1.89. The van der Waals surface area contributed by atoms with Gasteiger partial charge in [-0.2, -0.15) is 5.26 Å². The number of halogens is 2. The fraction of sp³-hybridized carbons (Fsp3) is 0.143. The van der Waals surface area contributed by atoms with Crippen LogP contribution in [0.5, 0.6) is 0 Å². The Balaban J connectivity index is 1.34. The van der Waals surface area contributed by atoms with Gasteiger partial charge in [0.15, 0.2) is 28.8 Å². The van der Waals surface area contributed by atoms with Crippen molar-refractivity contribution in [3.8, 4) is 17.2 Å². The van der Waals surface area contributed by atoms with Gasteiger partial charge in [0.1, 0.15) is 23.9 Å². The number of hydrogen-bond acceptors (Lipinski definition) is 8. The molecule has 0 radical (unpaired) electrons. The summed E-state index contributed by atoms with van der Waals surface area (Å²) in [4.78, 5) is 29.8. The first-order valence-electron chi connectivity index (χ1n) is 12.2. The second kappa shape index (κ2) is 10.7. The van der Waals surface area contributed by atoms with Gasteiger partial charge >= 0.3 is 0 Å². The number of benzene rings is 2. The second-order valence-electron chi connectivity index (χ2n) is 9.09. The van der Waals surface area contributed by atoms with Gasteiger partial charge in [0.2, 0.25) is 0 Å². The third kappa shape index (κ3) is 5.12. The number of amides is 1. The minimum Gasteiger partial charge on any atom is -0.383 e. The molecule has 10 nitrogen and oxygen atoms in total. The SMILES string of the molecule is C[C@H](NC(=O)c1nc(C#N)cnc1NCc1ccc(-c2cn(C)c3ncnc(N)c23)cc1)c1ccc(F)c(F)c1. The average molecular weight is 540 g/mol. The molecule has 4 N–H and O–H groups in total. The number of nitrogens with one attached hydrogen (secondary N) is 2. The van der Waals surface area contributed by atoms with Crippen molar-refractivity contribution in [3.63, 3.8) is 0 Å². The van der Waals surface area contributed by atoms with Gasteiger partial charge in [-0.25, -0.2) is 28.7 Å². The van der Waals surface area contributed by atoms with E-state index in [0.29, 0.717) is 17.9 Å². The lowest BCUT2D eigenvalue weighted by atomic mass is 10.0. The maximum atomic E-state index is 13.7. The largest absolute Gasteiger partial charge is 0.383 e. The second-order valence-corrected chi connectivity index (χ2v) is 9.09. The van der Waals surface area contributed by atoms with Crippen molar-refractivity contribution in [1.82, 2.24) is 29.8 Å². The molecule has 2 aromatic carbocycles. The lowest BCUT2D eigenvalue weighted by molar-refractivity contribution is 0.0935. The predicted octanol–water partition coefficient (Wildman–Crippen LogP) is 4.26. The molecule has 0 aliphatic rings. The number of fused-ring (bicyclic) bond motifs is 1. The highest BCUT2D eigenvalue weighted by molar-refractivity contribution is 6.00. The number of carbonyl (C=O) groups is 1. The molecule has 0 fully saturated rings. The normalized spacial score (nSPS) is 11.7. The van der Waals surface area contributed by atoms with Gasteiger partial charge in [0.25, 0.3) is 5.91 Å². The molecule has 3 heterocycles. The van der Waals surface area contributed by atoms with Crippen molar-refractivity contribution in [2.75, 3.05) is 11.1 Å². The minimum atomic E-state index is -1.02. The van der Waals surface area contributed by atoms with Crippen LogP contribution in [0.3, 0.4) is 0 Å². The van der Waals surface area contributed by atoms with Crippen LogP contribution in [0.1, 0.15) is 40.3 Å². The summed E-state index contributed by atoms with van der Waals surface area (Å²) < 4.78 is 28.9. The Morgan fingerprint density at radius 1 is 1.12 bits per heavy atom. The summed E-state index contributed by atoms with van der Waals surface area (Å²) in [5.41, 5.74) is 9.79. The molecular formula is C28H23F2N9O. The molecule has 12 heteroatoms. The first-order valence-corrected chi connectivity index (χ1v) is 12.2. The van der Waals surface area contributed by atoms with E-state index < -0.39 is 23.6 Å². The Morgan fingerprint density at radius 2 is 1.90 bits per heavy atom.